The van der Waals surface area contributed by atoms with E-state index in [4.69, 9.17) is 11.5 Å². The second-order valence-electron chi connectivity index (χ2n) is 3.68. The lowest BCUT2D eigenvalue weighted by Gasteiger charge is -2.37. The number of nitrogens with two attached hydrogens (primary N) is 2. The zero-order valence-electron chi connectivity index (χ0n) is 8.40. The van der Waals surface area contributed by atoms with Gasteiger partial charge in [0.2, 0.25) is 11.8 Å². The minimum Gasteiger partial charge on any atom is -0.369 e. The Morgan fingerprint density at radius 3 is 2.64 bits per heavy atom. The highest BCUT2D eigenvalue weighted by molar-refractivity contribution is 5.81. The fraction of sp³-hybridized carbons (Fsp3) is 0.778. The normalized spacial score (nSPS) is 27.4. The van der Waals surface area contributed by atoms with Crippen molar-refractivity contribution in [2.45, 2.75) is 25.8 Å². The van der Waals surface area contributed by atoms with E-state index >= 15 is 0 Å². The molecule has 0 radical (unpaired) electrons. The number of rotatable bonds is 2. The van der Waals surface area contributed by atoms with Crippen molar-refractivity contribution in [2.75, 3.05) is 13.1 Å². The molecule has 2 amide bonds. The molecule has 14 heavy (non-hydrogen) atoms. The van der Waals surface area contributed by atoms with Crippen molar-refractivity contribution in [3.8, 4) is 0 Å². The lowest BCUT2D eigenvalue weighted by Crippen LogP contribution is -2.52. The summed E-state index contributed by atoms with van der Waals surface area (Å²) in [7, 11) is 0. The molecule has 1 fully saturated rings. The van der Waals surface area contributed by atoms with Crippen molar-refractivity contribution in [3.05, 3.63) is 0 Å². The molecule has 1 aliphatic heterocycles. The minimum atomic E-state index is -0.327. The van der Waals surface area contributed by atoms with Crippen LogP contribution >= 0.6 is 0 Å². The summed E-state index contributed by atoms with van der Waals surface area (Å²) in [5.74, 6) is -0.658. The largest absolute Gasteiger partial charge is 0.369 e. The van der Waals surface area contributed by atoms with Gasteiger partial charge in [0.25, 0.3) is 0 Å². The molecule has 0 aromatic heterocycles. The molecule has 0 spiro atoms. The van der Waals surface area contributed by atoms with Crippen molar-refractivity contribution in [2.24, 2.45) is 17.4 Å². The van der Waals surface area contributed by atoms with Gasteiger partial charge < -0.3 is 16.4 Å². The van der Waals surface area contributed by atoms with E-state index in [1.165, 1.54) is 0 Å². The quantitative estimate of drug-likeness (QED) is 0.601. The monoisotopic (exact) mass is 199 g/mol. The van der Waals surface area contributed by atoms with Gasteiger partial charge in [-0.05, 0) is 19.8 Å². The molecule has 1 rings (SSSR count). The first-order chi connectivity index (χ1) is 6.57. The number of piperidine rings is 1. The number of amides is 2. The van der Waals surface area contributed by atoms with Crippen LogP contribution in [0.5, 0.6) is 0 Å². The van der Waals surface area contributed by atoms with Gasteiger partial charge >= 0.3 is 0 Å². The lowest BCUT2D eigenvalue weighted by molar-refractivity contribution is -0.137. The second-order valence-corrected chi connectivity index (χ2v) is 3.68. The zero-order valence-corrected chi connectivity index (χ0v) is 8.40. The molecule has 1 saturated heterocycles. The minimum absolute atomic E-state index is 0.00414. The molecule has 5 nitrogen and oxygen atoms in total. The molecule has 0 unspecified atom stereocenters. The number of hydrogen-bond acceptors (Lipinski definition) is 3. The Kier molecular flexibility index (Phi) is 3.46. The van der Waals surface area contributed by atoms with Crippen molar-refractivity contribution in [1.29, 1.82) is 0 Å². The highest BCUT2D eigenvalue weighted by atomic mass is 16.2. The fourth-order valence-corrected chi connectivity index (χ4v) is 1.99. The summed E-state index contributed by atoms with van der Waals surface area (Å²) in [5, 5.41) is 0. The highest BCUT2D eigenvalue weighted by Gasteiger charge is 2.33. The van der Waals surface area contributed by atoms with Crippen LogP contribution in [0, 0.1) is 5.92 Å². The Morgan fingerprint density at radius 2 is 2.14 bits per heavy atom. The molecule has 0 aromatic carbocycles. The van der Waals surface area contributed by atoms with Crippen LogP contribution in [0.15, 0.2) is 0 Å². The Balaban J connectivity index is 2.70. The van der Waals surface area contributed by atoms with Crippen LogP contribution in [-0.4, -0.2) is 35.8 Å². The molecule has 80 valence electrons. The average molecular weight is 199 g/mol. The first kappa shape index (κ1) is 11.0. The van der Waals surface area contributed by atoms with E-state index in [9.17, 15) is 9.59 Å². The Morgan fingerprint density at radius 1 is 1.50 bits per heavy atom. The summed E-state index contributed by atoms with van der Waals surface area (Å²) in [5.41, 5.74) is 10.5. The van der Waals surface area contributed by atoms with Gasteiger partial charge in [-0.15, -0.1) is 0 Å². The van der Waals surface area contributed by atoms with Gasteiger partial charge in [0.05, 0.1) is 12.5 Å². The van der Waals surface area contributed by atoms with Crippen molar-refractivity contribution >= 4 is 11.8 Å². The second kappa shape index (κ2) is 4.41. The molecule has 0 bridgehead atoms. The Bertz CT molecular complexity index is 242. The summed E-state index contributed by atoms with van der Waals surface area (Å²) in [6.45, 7) is 2.53. The van der Waals surface area contributed by atoms with Gasteiger partial charge in [-0.3, -0.25) is 9.59 Å². The standard InChI is InChI=1S/C9H17N3O2/c1-6-7(9(11)14)3-2-4-12(6)8(13)5-10/h6-7H,2-5,10H2,1H3,(H2,11,14)/t6-,7-/m0/s1. The van der Waals surface area contributed by atoms with Gasteiger partial charge in [-0.2, -0.15) is 0 Å². The molecule has 0 aromatic rings. The van der Waals surface area contributed by atoms with Crippen LogP contribution in [0.3, 0.4) is 0 Å². The van der Waals surface area contributed by atoms with Crippen molar-refractivity contribution < 1.29 is 9.59 Å². The lowest BCUT2D eigenvalue weighted by atomic mass is 9.89. The number of likely N-dealkylation sites (tertiary alicyclic amines) is 1. The number of hydrogen-bond donors (Lipinski definition) is 2. The number of primary amides is 1. The summed E-state index contributed by atoms with van der Waals surface area (Å²) in [6, 6.07) is -0.114. The third-order valence-electron chi connectivity index (χ3n) is 2.85. The number of carbonyl (C=O) groups excluding carboxylic acids is 2. The van der Waals surface area contributed by atoms with Gasteiger partial charge in [0.15, 0.2) is 0 Å². The maximum absolute atomic E-state index is 11.4. The average Bonchev–Trinajstić information content (AvgIpc) is 2.16. The Labute approximate surface area is 83.4 Å². The molecule has 1 aliphatic rings. The van der Waals surface area contributed by atoms with E-state index in [0.29, 0.717) is 6.54 Å². The molecular formula is C9H17N3O2. The van der Waals surface area contributed by atoms with Crippen LogP contribution < -0.4 is 11.5 Å². The fourth-order valence-electron chi connectivity index (χ4n) is 1.99. The topological polar surface area (TPSA) is 89.4 Å². The molecule has 5 heteroatoms. The van der Waals surface area contributed by atoms with Gasteiger partial charge in [0.1, 0.15) is 0 Å². The highest BCUT2D eigenvalue weighted by Crippen LogP contribution is 2.22. The molecule has 2 atom stereocenters. The predicted octanol–water partition coefficient (Wildman–Crippen LogP) is -0.942. The molecule has 1 heterocycles. The van der Waals surface area contributed by atoms with Crippen LogP contribution in [0.1, 0.15) is 19.8 Å². The SMILES string of the molecule is C[C@H]1[C@@H](C(N)=O)CCCN1C(=O)CN. The molecular weight excluding hydrogens is 182 g/mol. The summed E-state index contributed by atoms with van der Waals surface area (Å²) >= 11 is 0. The molecule has 0 saturated carbocycles. The smallest absolute Gasteiger partial charge is 0.236 e. The number of carbonyl (C=O) groups is 2. The first-order valence-corrected chi connectivity index (χ1v) is 4.86. The summed E-state index contributed by atoms with van der Waals surface area (Å²) in [4.78, 5) is 24.1. The maximum atomic E-state index is 11.4. The zero-order chi connectivity index (χ0) is 10.7. The third-order valence-corrected chi connectivity index (χ3v) is 2.85. The van der Waals surface area contributed by atoms with Crippen LogP contribution in [-0.2, 0) is 9.59 Å². The van der Waals surface area contributed by atoms with Crippen LogP contribution in [0.2, 0.25) is 0 Å². The first-order valence-electron chi connectivity index (χ1n) is 4.86. The van der Waals surface area contributed by atoms with E-state index < -0.39 is 0 Å². The van der Waals surface area contributed by atoms with Crippen molar-refractivity contribution in [3.63, 3.8) is 0 Å². The number of nitrogens with zero attached hydrogens (tertiary/aromatic N) is 1. The van der Waals surface area contributed by atoms with Crippen LogP contribution in [0.25, 0.3) is 0 Å². The summed E-state index contributed by atoms with van der Waals surface area (Å²) < 4.78 is 0. The predicted molar refractivity (Wildman–Crippen MR) is 52.1 cm³/mol. The Hall–Kier alpha value is -1.10. The third kappa shape index (κ3) is 2.04. The van der Waals surface area contributed by atoms with E-state index in [0.717, 1.165) is 12.8 Å². The van der Waals surface area contributed by atoms with Gasteiger partial charge in [0, 0.05) is 12.6 Å². The van der Waals surface area contributed by atoms with Gasteiger partial charge in [-0.25, -0.2) is 0 Å². The molecule has 4 N–H and O–H groups in total. The van der Waals surface area contributed by atoms with E-state index in [1.54, 1.807) is 4.90 Å². The van der Waals surface area contributed by atoms with Gasteiger partial charge in [-0.1, -0.05) is 0 Å². The maximum Gasteiger partial charge on any atom is 0.236 e. The van der Waals surface area contributed by atoms with E-state index in [-0.39, 0.29) is 30.3 Å². The summed E-state index contributed by atoms with van der Waals surface area (Å²) in [6.07, 6.45) is 1.59. The van der Waals surface area contributed by atoms with Crippen molar-refractivity contribution in [1.82, 2.24) is 4.90 Å². The molecule has 0 aliphatic carbocycles. The van der Waals surface area contributed by atoms with E-state index in [1.807, 2.05) is 6.92 Å². The van der Waals surface area contributed by atoms with E-state index in [2.05, 4.69) is 0 Å². The van der Waals surface area contributed by atoms with Crippen LogP contribution in [0.4, 0.5) is 0 Å².